The van der Waals surface area contributed by atoms with Gasteiger partial charge in [-0.05, 0) is 79.2 Å². The zero-order chi connectivity index (χ0) is 24.2. The van der Waals surface area contributed by atoms with E-state index in [1.54, 1.807) is 7.11 Å². The molecule has 0 radical (unpaired) electrons. The normalized spacial score (nSPS) is 14.1. The molecule has 0 spiro atoms. The first-order valence-electron chi connectivity index (χ1n) is 11.9. The molecule has 1 aliphatic rings. The maximum Gasteiger partial charge on any atom is 0.223 e. The van der Waals surface area contributed by atoms with Crippen LogP contribution in [0.1, 0.15) is 37.7 Å². The minimum atomic E-state index is 0.472. The van der Waals surface area contributed by atoms with Crippen molar-refractivity contribution in [3.05, 3.63) is 65.3 Å². The van der Waals surface area contributed by atoms with Crippen molar-refractivity contribution in [3.8, 4) is 17.0 Å². The van der Waals surface area contributed by atoms with Gasteiger partial charge >= 0.3 is 0 Å². The van der Waals surface area contributed by atoms with E-state index in [0.717, 1.165) is 32.5 Å². The van der Waals surface area contributed by atoms with Crippen LogP contribution in [0.2, 0.25) is 5.02 Å². The van der Waals surface area contributed by atoms with Crippen LogP contribution >= 0.6 is 23.5 Å². The van der Waals surface area contributed by atoms with E-state index in [4.69, 9.17) is 21.3 Å². The van der Waals surface area contributed by atoms with Crippen LogP contribution in [-0.2, 0) is 0 Å². The Kier molecular flexibility index (Phi) is 7.25. The van der Waals surface area contributed by atoms with Crippen molar-refractivity contribution in [2.45, 2.75) is 50.0 Å². The van der Waals surface area contributed by atoms with Gasteiger partial charge in [-0.2, -0.15) is 4.98 Å². The van der Waals surface area contributed by atoms with Crippen LogP contribution in [0.25, 0.3) is 22.0 Å². The topological polar surface area (TPSA) is 72.0 Å². The highest BCUT2D eigenvalue weighted by molar-refractivity contribution is 8.00. The van der Waals surface area contributed by atoms with E-state index in [1.165, 1.54) is 44.1 Å². The quantitative estimate of drug-likeness (QED) is 0.251. The summed E-state index contributed by atoms with van der Waals surface area (Å²) in [5.74, 6) is 1.95. The Morgan fingerprint density at radius 3 is 2.63 bits per heavy atom. The third-order valence-electron chi connectivity index (χ3n) is 6.31. The van der Waals surface area contributed by atoms with Crippen LogP contribution < -0.4 is 14.8 Å². The molecule has 2 aromatic heterocycles. The molecule has 0 saturated heterocycles. The molecule has 1 saturated carbocycles. The van der Waals surface area contributed by atoms with Crippen LogP contribution in [0, 0.1) is 6.92 Å². The molecule has 180 valence electrons. The Hall–Kier alpha value is -3.03. The van der Waals surface area contributed by atoms with Gasteiger partial charge in [0.1, 0.15) is 5.82 Å². The fraction of sp³-hybridized carbons (Fsp3) is 0.296. The molecule has 2 heterocycles. The summed E-state index contributed by atoms with van der Waals surface area (Å²) in [6.07, 6.45) is 8.15. The van der Waals surface area contributed by atoms with Gasteiger partial charge in [0.2, 0.25) is 11.8 Å². The number of benzene rings is 2. The fourth-order valence-electron chi connectivity index (χ4n) is 4.47. The Morgan fingerprint density at radius 2 is 1.83 bits per heavy atom. The molecule has 0 aliphatic heterocycles. The number of aromatic nitrogens is 3. The Bertz CT molecular complexity index is 1340. The number of nitrogens with one attached hydrogen (secondary N) is 2. The number of hydrogen-bond acceptors (Lipinski definition) is 7. The van der Waals surface area contributed by atoms with Crippen LogP contribution in [0.15, 0.2) is 59.6 Å². The summed E-state index contributed by atoms with van der Waals surface area (Å²) in [4.78, 5) is 15.0. The van der Waals surface area contributed by atoms with Gasteiger partial charge < -0.3 is 14.8 Å². The highest BCUT2D eigenvalue weighted by Crippen LogP contribution is 2.35. The van der Waals surface area contributed by atoms with Crippen LogP contribution in [0.4, 0.5) is 11.8 Å². The minimum absolute atomic E-state index is 0.472. The second-order valence-electron chi connectivity index (χ2n) is 8.79. The lowest BCUT2D eigenvalue weighted by atomic mass is 9.96. The summed E-state index contributed by atoms with van der Waals surface area (Å²) in [7, 11) is 1.64. The molecule has 2 N–H and O–H groups in total. The number of methoxy groups -OCH3 is 1. The summed E-state index contributed by atoms with van der Waals surface area (Å²) < 4.78 is 8.91. The summed E-state index contributed by atoms with van der Waals surface area (Å²) in [6.45, 7) is 2.09. The highest BCUT2D eigenvalue weighted by atomic mass is 35.5. The second kappa shape index (κ2) is 10.7. The average molecular weight is 506 g/mol. The van der Waals surface area contributed by atoms with Crippen molar-refractivity contribution >= 4 is 46.2 Å². The molecule has 35 heavy (non-hydrogen) atoms. The number of ether oxygens (including phenoxy) is 1. The number of hydrogen-bond donors (Lipinski definition) is 2. The molecule has 1 fully saturated rings. The molecule has 5 rings (SSSR count). The van der Waals surface area contributed by atoms with Crippen LogP contribution in [0.3, 0.4) is 0 Å². The van der Waals surface area contributed by atoms with E-state index in [9.17, 15) is 0 Å². The number of fused-ring (bicyclic) bond motifs is 1. The van der Waals surface area contributed by atoms with E-state index >= 15 is 0 Å². The molecule has 8 heteroatoms. The minimum Gasteiger partial charge on any atom is -0.480 e. The van der Waals surface area contributed by atoms with Crippen molar-refractivity contribution in [2.24, 2.45) is 0 Å². The zero-order valence-corrected chi connectivity index (χ0v) is 21.4. The van der Waals surface area contributed by atoms with Gasteiger partial charge in [-0.3, -0.25) is 0 Å². The number of anilines is 2. The Labute approximate surface area is 215 Å². The SMILES string of the molecule is COc1nc(NSc2ccccc2Cl)ccc1-c1cc2cnc(NC3CCCCC3)nc2cc1C. The largest absolute Gasteiger partial charge is 0.480 e. The molecule has 2 aromatic carbocycles. The number of aryl methyl sites for hydroxylation is 1. The van der Waals surface area contributed by atoms with Gasteiger partial charge in [-0.1, -0.05) is 43.0 Å². The van der Waals surface area contributed by atoms with Gasteiger partial charge in [0, 0.05) is 28.1 Å². The van der Waals surface area contributed by atoms with Crippen molar-refractivity contribution in [2.75, 3.05) is 17.1 Å². The standard InChI is InChI=1S/C27H28ClN5OS/c1-17-14-23-18(16-29-27(31-23)30-19-8-4-3-5-9-19)15-21(17)20-12-13-25(32-26(20)34-2)33-35-24-11-7-6-10-22(24)28/h6-7,10-16,19H,3-5,8-9H2,1-2H3,(H,32,33)(H,29,30,31). The first kappa shape index (κ1) is 23.7. The molecule has 4 aromatic rings. The van der Waals surface area contributed by atoms with Crippen LogP contribution in [-0.4, -0.2) is 28.1 Å². The van der Waals surface area contributed by atoms with Gasteiger partial charge in [-0.25, -0.2) is 9.97 Å². The van der Waals surface area contributed by atoms with Crippen molar-refractivity contribution in [1.82, 2.24) is 15.0 Å². The van der Waals surface area contributed by atoms with E-state index in [1.807, 2.05) is 42.6 Å². The maximum absolute atomic E-state index is 6.26. The molecule has 0 bridgehead atoms. The van der Waals surface area contributed by atoms with Gasteiger partial charge in [0.25, 0.3) is 0 Å². The number of rotatable bonds is 7. The van der Waals surface area contributed by atoms with Crippen LogP contribution in [0.5, 0.6) is 5.88 Å². The number of halogens is 1. The van der Waals surface area contributed by atoms with Gasteiger partial charge in [0.15, 0.2) is 0 Å². The lowest BCUT2D eigenvalue weighted by Gasteiger charge is -2.22. The molecule has 6 nitrogen and oxygen atoms in total. The molecule has 0 amide bonds. The smallest absolute Gasteiger partial charge is 0.223 e. The monoisotopic (exact) mass is 505 g/mol. The molecular formula is C27H28ClN5OS. The third-order valence-corrected chi connectivity index (χ3v) is 7.64. The molecule has 0 atom stereocenters. The van der Waals surface area contributed by atoms with Crippen molar-refractivity contribution in [3.63, 3.8) is 0 Å². The predicted molar refractivity (Wildman–Crippen MR) is 145 cm³/mol. The first-order valence-corrected chi connectivity index (χ1v) is 13.1. The van der Waals surface area contributed by atoms with E-state index < -0.39 is 0 Å². The zero-order valence-electron chi connectivity index (χ0n) is 19.8. The fourth-order valence-corrected chi connectivity index (χ4v) is 5.36. The lowest BCUT2D eigenvalue weighted by molar-refractivity contribution is 0.400. The number of nitrogens with zero attached hydrogens (tertiary/aromatic N) is 3. The third kappa shape index (κ3) is 5.46. The molecular weight excluding hydrogens is 478 g/mol. The highest BCUT2D eigenvalue weighted by Gasteiger charge is 2.16. The van der Waals surface area contributed by atoms with E-state index in [-0.39, 0.29) is 0 Å². The van der Waals surface area contributed by atoms with Gasteiger partial charge in [0.05, 0.1) is 17.6 Å². The van der Waals surface area contributed by atoms with Crippen molar-refractivity contribution in [1.29, 1.82) is 0 Å². The summed E-state index contributed by atoms with van der Waals surface area (Å²) in [5, 5.41) is 5.20. The first-order chi connectivity index (χ1) is 17.1. The van der Waals surface area contributed by atoms with Crippen molar-refractivity contribution < 1.29 is 4.74 Å². The molecule has 0 unspecified atom stereocenters. The van der Waals surface area contributed by atoms with Gasteiger partial charge in [-0.15, -0.1) is 0 Å². The second-order valence-corrected chi connectivity index (χ2v) is 10.0. The maximum atomic E-state index is 6.26. The van der Waals surface area contributed by atoms with E-state index in [0.29, 0.717) is 28.7 Å². The number of pyridine rings is 1. The summed E-state index contributed by atoms with van der Waals surface area (Å²) >= 11 is 7.67. The Balaban J connectivity index is 1.38. The van der Waals surface area contributed by atoms with E-state index in [2.05, 4.69) is 39.1 Å². The lowest BCUT2D eigenvalue weighted by Crippen LogP contribution is -2.23. The molecule has 1 aliphatic carbocycles. The predicted octanol–water partition coefficient (Wildman–Crippen LogP) is 7.53. The summed E-state index contributed by atoms with van der Waals surface area (Å²) in [6, 6.07) is 16.3. The summed E-state index contributed by atoms with van der Waals surface area (Å²) in [5.41, 5.74) is 4.00. The average Bonchev–Trinajstić information content (AvgIpc) is 2.88. The Morgan fingerprint density at radius 1 is 1.00 bits per heavy atom.